The summed E-state index contributed by atoms with van der Waals surface area (Å²) in [6.07, 6.45) is 0.405. The summed E-state index contributed by atoms with van der Waals surface area (Å²) in [5, 5.41) is 8.60. The Kier molecular flexibility index (Phi) is 3.81. The third-order valence-corrected chi connectivity index (χ3v) is 2.93. The van der Waals surface area contributed by atoms with E-state index in [1.807, 2.05) is 0 Å². The highest BCUT2D eigenvalue weighted by Gasteiger charge is 2.26. The van der Waals surface area contributed by atoms with Crippen LogP contribution in [-0.4, -0.2) is 35.1 Å². The third-order valence-electron chi connectivity index (χ3n) is 2.49. The number of hydrogen-bond donors (Lipinski definition) is 1. The molecular weight excluding hydrogens is 304 g/mol. The summed E-state index contributed by atoms with van der Waals surface area (Å²) in [6, 6.07) is 3.45. The van der Waals surface area contributed by atoms with Crippen molar-refractivity contribution in [3.8, 4) is 5.75 Å². The van der Waals surface area contributed by atoms with Crippen molar-refractivity contribution in [1.82, 2.24) is 4.98 Å². The maximum absolute atomic E-state index is 11.7. The van der Waals surface area contributed by atoms with E-state index in [9.17, 15) is 9.59 Å². The largest absolute Gasteiger partial charge is 0.481 e. The molecule has 0 saturated carbocycles. The molecule has 0 radical (unpaired) electrons. The molecule has 0 aromatic carbocycles. The van der Waals surface area contributed by atoms with Crippen molar-refractivity contribution in [2.24, 2.45) is 0 Å². The molecule has 96 valence electrons. The third kappa shape index (κ3) is 2.79. The van der Waals surface area contributed by atoms with Gasteiger partial charge in [-0.2, -0.15) is 0 Å². The molecule has 0 atom stereocenters. The Hall–Kier alpha value is -1.63. The first-order valence-corrected chi connectivity index (χ1v) is 6.19. The number of anilines is 1. The van der Waals surface area contributed by atoms with E-state index >= 15 is 0 Å². The smallest absolute Gasteiger partial charge is 0.303 e. The fraction of sp³-hybridized carbons (Fsp3) is 0.364. The van der Waals surface area contributed by atoms with Crippen molar-refractivity contribution in [2.75, 3.05) is 18.1 Å². The van der Waals surface area contributed by atoms with Crippen LogP contribution in [0.4, 0.5) is 5.82 Å². The first-order valence-electron chi connectivity index (χ1n) is 5.39. The lowest BCUT2D eigenvalue weighted by molar-refractivity contribution is -0.137. The molecule has 1 aliphatic heterocycles. The van der Waals surface area contributed by atoms with Gasteiger partial charge in [-0.05, 0) is 34.5 Å². The lowest BCUT2D eigenvalue weighted by Crippen LogP contribution is -2.40. The molecule has 7 heteroatoms. The van der Waals surface area contributed by atoms with E-state index in [0.717, 1.165) is 0 Å². The zero-order chi connectivity index (χ0) is 13.1. The van der Waals surface area contributed by atoms with Gasteiger partial charge in [-0.25, -0.2) is 4.98 Å². The molecule has 0 spiro atoms. The van der Waals surface area contributed by atoms with Crippen molar-refractivity contribution in [3.63, 3.8) is 0 Å². The number of carboxylic acids is 1. The Morgan fingerprint density at radius 1 is 1.56 bits per heavy atom. The SMILES string of the molecule is O=C(O)CCCN1C(=O)COc2ccc(Br)nc21. The average molecular weight is 315 g/mol. The van der Waals surface area contributed by atoms with Crippen LogP contribution in [0.25, 0.3) is 0 Å². The van der Waals surface area contributed by atoms with Gasteiger partial charge in [0.2, 0.25) is 0 Å². The van der Waals surface area contributed by atoms with Crippen molar-refractivity contribution in [1.29, 1.82) is 0 Å². The second kappa shape index (κ2) is 5.34. The number of halogens is 1. The number of hydrogen-bond acceptors (Lipinski definition) is 4. The normalized spacial score (nSPS) is 14.1. The van der Waals surface area contributed by atoms with E-state index in [1.165, 1.54) is 4.90 Å². The standard InChI is InChI=1S/C11H11BrN2O4/c12-8-4-3-7-11(13-8)14(9(15)6-18-7)5-1-2-10(16)17/h3-4H,1-2,5-6H2,(H,16,17). The quantitative estimate of drug-likeness (QED) is 0.850. The summed E-state index contributed by atoms with van der Waals surface area (Å²) in [5.41, 5.74) is 0. The van der Waals surface area contributed by atoms with Crippen LogP contribution < -0.4 is 9.64 Å². The molecule has 1 aromatic rings. The molecule has 0 unspecified atom stereocenters. The van der Waals surface area contributed by atoms with E-state index in [2.05, 4.69) is 20.9 Å². The molecule has 1 amide bonds. The summed E-state index contributed by atoms with van der Waals surface area (Å²) in [5.74, 6) is -0.115. The van der Waals surface area contributed by atoms with Crippen LogP contribution in [0, 0.1) is 0 Å². The number of carboxylic acid groups (broad SMARTS) is 1. The Morgan fingerprint density at radius 3 is 3.06 bits per heavy atom. The van der Waals surface area contributed by atoms with Crippen molar-refractivity contribution in [2.45, 2.75) is 12.8 Å². The number of aromatic nitrogens is 1. The number of rotatable bonds is 4. The minimum atomic E-state index is -0.877. The van der Waals surface area contributed by atoms with E-state index < -0.39 is 5.97 Å². The van der Waals surface area contributed by atoms with Gasteiger partial charge in [-0.1, -0.05) is 0 Å². The molecule has 1 aliphatic rings. The van der Waals surface area contributed by atoms with E-state index in [1.54, 1.807) is 12.1 Å². The zero-order valence-corrected chi connectivity index (χ0v) is 11.0. The molecule has 0 bridgehead atoms. The van der Waals surface area contributed by atoms with Gasteiger partial charge in [0, 0.05) is 13.0 Å². The number of carbonyl (C=O) groups is 2. The first kappa shape index (κ1) is 12.8. The summed E-state index contributed by atoms with van der Waals surface area (Å²) in [4.78, 5) is 27.9. The lowest BCUT2D eigenvalue weighted by atomic mass is 10.2. The molecule has 0 aliphatic carbocycles. The molecule has 18 heavy (non-hydrogen) atoms. The van der Waals surface area contributed by atoms with Gasteiger partial charge in [0.25, 0.3) is 5.91 Å². The van der Waals surface area contributed by atoms with Crippen molar-refractivity contribution in [3.05, 3.63) is 16.7 Å². The molecule has 2 heterocycles. The predicted molar refractivity (Wildman–Crippen MR) is 66.7 cm³/mol. The van der Waals surface area contributed by atoms with Gasteiger partial charge in [0.05, 0.1) is 0 Å². The topological polar surface area (TPSA) is 79.7 Å². The number of ether oxygens (including phenoxy) is 1. The number of pyridine rings is 1. The van der Waals surface area contributed by atoms with Gasteiger partial charge in [0.1, 0.15) is 4.60 Å². The van der Waals surface area contributed by atoms with Gasteiger partial charge in [0.15, 0.2) is 18.2 Å². The fourth-order valence-electron chi connectivity index (χ4n) is 1.67. The first-order chi connectivity index (χ1) is 8.58. The molecule has 2 rings (SSSR count). The van der Waals surface area contributed by atoms with Crippen LogP contribution in [0.5, 0.6) is 5.75 Å². The number of nitrogens with zero attached hydrogens (tertiary/aromatic N) is 2. The van der Waals surface area contributed by atoms with Crippen LogP contribution >= 0.6 is 15.9 Å². The number of carbonyl (C=O) groups excluding carboxylic acids is 1. The van der Waals surface area contributed by atoms with Crippen LogP contribution in [0.1, 0.15) is 12.8 Å². The summed E-state index contributed by atoms with van der Waals surface area (Å²) < 4.78 is 5.86. The number of aliphatic carboxylic acids is 1. The Bertz CT molecular complexity index is 492. The number of amides is 1. The van der Waals surface area contributed by atoms with Crippen LogP contribution in [-0.2, 0) is 9.59 Å². The molecule has 6 nitrogen and oxygen atoms in total. The van der Waals surface area contributed by atoms with E-state index in [4.69, 9.17) is 9.84 Å². The highest BCUT2D eigenvalue weighted by atomic mass is 79.9. The molecule has 1 N–H and O–H groups in total. The predicted octanol–water partition coefficient (Wildman–Crippen LogP) is 1.43. The summed E-state index contributed by atoms with van der Waals surface area (Å²) >= 11 is 3.23. The molecule has 0 saturated heterocycles. The Balaban J connectivity index is 2.16. The van der Waals surface area contributed by atoms with Crippen LogP contribution in [0.3, 0.4) is 0 Å². The Morgan fingerprint density at radius 2 is 2.33 bits per heavy atom. The van der Waals surface area contributed by atoms with Crippen LogP contribution in [0.15, 0.2) is 16.7 Å². The van der Waals surface area contributed by atoms with E-state index in [-0.39, 0.29) is 18.9 Å². The maximum atomic E-state index is 11.7. The molecule has 1 aromatic heterocycles. The summed E-state index contributed by atoms with van der Waals surface area (Å²) in [7, 11) is 0. The second-order valence-electron chi connectivity index (χ2n) is 3.79. The zero-order valence-electron chi connectivity index (χ0n) is 9.43. The van der Waals surface area contributed by atoms with Gasteiger partial charge >= 0.3 is 5.97 Å². The van der Waals surface area contributed by atoms with Gasteiger partial charge in [-0.3, -0.25) is 14.5 Å². The van der Waals surface area contributed by atoms with Crippen LogP contribution in [0.2, 0.25) is 0 Å². The maximum Gasteiger partial charge on any atom is 0.303 e. The minimum absolute atomic E-state index is 0.0218. The highest BCUT2D eigenvalue weighted by Crippen LogP contribution is 2.31. The van der Waals surface area contributed by atoms with Gasteiger partial charge in [-0.15, -0.1) is 0 Å². The highest BCUT2D eigenvalue weighted by molar-refractivity contribution is 9.10. The van der Waals surface area contributed by atoms with Gasteiger partial charge < -0.3 is 9.84 Å². The molecular formula is C11H11BrN2O4. The van der Waals surface area contributed by atoms with Crippen molar-refractivity contribution < 1.29 is 19.4 Å². The Labute approximate surface area is 112 Å². The molecule has 0 fully saturated rings. The lowest BCUT2D eigenvalue weighted by Gasteiger charge is -2.28. The monoisotopic (exact) mass is 314 g/mol. The second-order valence-corrected chi connectivity index (χ2v) is 4.60. The minimum Gasteiger partial charge on any atom is -0.481 e. The van der Waals surface area contributed by atoms with Crippen molar-refractivity contribution >= 4 is 33.6 Å². The fourth-order valence-corrected chi connectivity index (χ4v) is 1.97. The number of fused-ring (bicyclic) bond motifs is 1. The average Bonchev–Trinajstić information content (AvgIpc) is 2.31. The van der Waals surface area contributed by atoms with E-state index in [0.29, 0.717) is 29.1 Å². The summed E-state index contributed by atoms with van der Waals surface area (Å²) in [6.45, 7) is 0.286.